The number of benzene rings is 2. The van der Waals surface area contributed by atoms with E-state index < -0.39 is 11.9 Å². The number of carbonyl (C=O) groups is 2. The molecule has 28 heavy (non-hydrogen) atoms. The smallest absolute Gasteiger partial charge is 0.252 e. The lowest BCUT2D eigenvalue weighted by molar-refractivity contribution is -0.117. The van der Waals surface area contributed by atoms with Gasteiger partial charge in [-0.15, -0.1) is 11.8 Å². The van der Waals surface area contributed by atoms with Gasteiger partial charge in [0.2, 0.25) is 11.7 Å². The molecule has 2 aromatic rings. The van der Waals surface area contributed by atoms with E-state index in [-0.39, 0.29) is 5.91 Å². The normalized spacial score (nSPS) is 11.3. The van der Waals surface area contributed by atoms with Crippen molar-refractivity contribution in [3.63, 3.8) is 0 Å². The molecule has 0 saturated carbocycles. The molecule has 150 valence electrons. The van der Waals surface area contributed by atoms with Crippen LogP contribution in [0, 0.1) is 0 Å². The summed E-state index contributed by atoms with van der Waals surface area (Å²) in [5.41, 5.74) is 0.954. The van der Waals surface area contributed by atoms with Crippen molar-refractivity contribution in [3.05, 3.63) is 42.0 Å². The van der Waals surface area contributed by atoms with Gasteiger partial charge in [0.15, 0.2) is 11.5 Å². The SMILES string of the molecule is COc1cc(C(=O)N[C@@H](C)C(=O)Nc2ccc(SC)cc2)cc(OC)c1OC. The quantitative estimate of drug-likeness (QED) is 0.657. The van der Waals surface area contributed by atoms with Crippen LogP contribution in [-0.2, 0) is 4.79 Å². The second kappa shape index (κ2) is 9.89. The molecule has 0 saturated heterocycles. The second-order valence-electron chi connectivity index (χ2n) is 5.83. The van der Waals surface area contributed by atoms with Gasteiger partial charge in [-0.25, -0.2) is 0 Å². The van der Waals surface area contributed by atoms with Crippen LogP contribution < -0.4 is 24.8 Å². The molecule has 0 fully saturated rings. The molecule has 0 unspecified atom stereocenters. The maximum absolute atomic E-state index is 12.6. The Morgan fingerprint density at radius 1 is 0.964 bits per heavy atom. The molecule has 0 heterocycles. The summed E-state index contributed by atoms with van der Waals surface area (Å²) in [6.45, 7) is 1.61. The number of rotatable bonds is 8. The third kappa shape index (κ3) is 5.10. The Balaban J connectivity index is 2.09. The zero-order valence-electron chi connectivity index (χ0n) is 16.5. The highest BCUT2D eigenvalue weighted by Crippen LogP contribution is 2.38. The van der Waals surface area contributed by atoms with E-state index >= 15 is 0 Å². The number of hydrogen-bond acceptors (Lipinski definition) is 6. The van der Waals surface area contributed by atoms with Gasteiger partial charge in [0, 0.05) is 16.1 Å². The van der Waals surface area contributed by atoms with Crippen molar-refractivity contribution >= 4 is 29.3 Å². The number of hydrogen-bond donors (Lipinski definition) is 2. The van der Waals surface area contributed by atoms with E-state index in [0.717, 1.165) is 4.90 Å². The Kier molecular flexibility index (Phi) is 7.57. The van der Waals surface area contributed by atoms with Gasteiger partial charge in [-0.2, -0.15) is 0 Å². The molecule has 0 bridgehead atoms. The number of nitrogens with one attached hydrogen (secondary N) is 2. The minimum Gasteiger partial charge on any atom is -0.493 e. The van der Waals surface area contributed by atoms with Crippen molar-refractivity contribution in [1.29, 1.82) is 0 Å². The maximum Gasteiger partial charge on any atom is 0.252 e. The Morgan fingerprint density at radius 2 is 1.54 bits per heavy atom. The molecule has 0 spiro atoms. The van der Waals surface area contributed by atoms with Gasteiger partial charge in [-0.1, -0.05) is 0 Å². The molecule has 2 aromatic carbocycles. The number of methoxy groups -OCH3 is 3. The second-order valence-corrected chi connectivity index (χ2v) is 6.71. The van der Waals surface area contributed by atoms with Crippen LogP contribution in [-0.4, -0.2) is 45.4 Å². The fourth-order valence-electron chi connectivity index (χ4n) is 2.48. The number of ether oxygens (including phenoxy) is 3. The van der Waals surface area contributed by atoms with E-state index in [9.17, 15) is 9.59 Å². The Bertz CT molecular complexity index is 814. The van der Waals surface area contributed by atoms with E-state index in [1.807, 2.05) is 30.5 Å². The largest absolute Gasteiger partial charge is 0.493 e. The fourth-order valence-corrected chi connectivity index (χ4v) is 2.89. The first-order chi connectivity index (χ1) is 13.4. The summed E-state index contributed by atoms with van der Waals surface area (Å²) in [7, 11) is 4.42. The zero-order chi connectivity index (χ0) is 20.7. The molecular formula is C20H24N2O5S. The molecule has 0 aliphatic rings. The first-order valence-electron chi connectivity index (χ1n) is 8.49. The summed E-state index contributed by atoms with van der Waals surface area (Å²) in [6, 6.07) is 9.78. The summed E-state index contributed by atoms with van der Waals surface area (Å²) in [6.07, 6.45) is 1.98. The third-order valence-corrected chi connectivity index (χ3v) is 4.77. The summed E-state index contributed by atoms with van der Waals surface area (Å²) in [4.78, 5) is 26.1. The summed E-state index contributed by atoms with van der Waals surface area (Å²) in [5, 5.41) is 5.45. The Labute approximate surface area is 168 Å². The Hall–Kier alpha value is -2.87. The lowest BCUT2D eigenvalue weighted by atomic mass is 10.1. The summed E-state index contributed by atoms with van der Waals surface area (Å²) >= 11 is 1.62. The Morgan fingerprint density at radius 3 is 2.00 bits per heavy atom. The molecule has 0 aromatic heterocycles. The van der Waals surface area contributed by atoms with Crippen LogP contribution in [0.2, 0.25) is 0 Å². The average molecular weight is 404 g/mol. The van der Waals surface area contributed by atoms with E-state index in [0.29, 0.717) is 28.5 Å². The van der Waals surface area contributed by atoms with Crippen molar-refractivity contribution in [3.8, 4) is 17.2 Å². The van der Waals surface area contributed by atoms with Crippen LogP contribution in [0.5, 0.6) is 17.2 Å². The predicted molar refractivity (Wildman–Crippen MR) is 110 cm³/mol. The van der Waals surface area contributed by atoms with Crippen LogP contribution >= 0.6 is 11.8 Å². The molecule has 2 rings (SSSR count). The van der Waals surface area contributed by atoms with Crippen molar-refractivity contribution in [2.75, 3.05) is 32.9 Å². The summed E-state index contributed by atoms with van der Waals surface area (Å²) < 4.78 is 15.8. The number of carbonyl (C=O) groups excluding carboxylic acids is 2. The van der Waals surface area contributed by atoms with Crippen LogP contribution in [0.25, 0.3) is 0 Å². The van der Waals surface area contributed by atoms with Crippen molar-refractivity contribution < 1.29 is 23.8 Å². The van der Waals surface area contributed by atoms with Gasteiger partial charge in [-0.3, -0.25) is 9.59 Å². The summed E-state index contributed by atoms with van der Waals surface area (Å²) in [5.74, 6) is 0.356. The topological polar surface area (TPSA) is 85.9 Å². The van der Waals surface area contributed by atoms with Gasteiger partial charge in [0.1, 0.15) is 6.04 Å². The first kappa shape index (κ1) is 21.4. The highest BCUT2D eigenvalue weighted by Gasteiger charge is 2.20. The molecule has 0 aliphatic heterocycles. The zero-order valence-corrected chi connectivity index (χ0v) is 17.3. The number of anilines is 1. The van der Waals surface area contributed by atoms with Gasteiger partial charge >= 0.3 is 0 Å². The fraction of sp³-hybridized carbons (Fsp3) is 0.300. The van der Waals surface area contributed by atoms with Gasteiger partial charge in [0.25, 0.3) is 5.91 Å². The van der Waals surface area contributed by atoms with Crippen LogP contribution in [0.4, 0.5) is 5.69 Å². The number of amides is 2. The molecule has 7 nitrogen and oxygen atoms in total. The van der Waals surface area contributed by atoms with E-state index in [4.69, 9.17) is 14.2 Å². The van der Waals surface area contributed by atoms with Crippen molar-refractivity contribution in [1.82, 2.24) is 5.32 Å². The monoisotopic (exact) mass is 404 g/mol. The molecular weight excluding hydrogens is 380 g/mol. The van der Waals surface area contributed by atoms with Gasteiger partial charge in [0.05, 0.1) is 21.3 Å². The number of thioether (sulfide) groups is 1. The minimum atomic E-state index is -0.744. The lowest BCUT2D eigenvalue weighted by Gasteiger charge is -2.16. The molecule has 0 radical (unpaired) electrons. The van der Waals surface area contributed by atoms with Crippen LogP contribution in [0.3, 0.4) is 0 Å². The van der Waals surface area contributed by atoms with Crippen LogP contribution in [0.15, 0.2) is 41.3 Å². The van der Waals surface area contributed by atoms with E-state index in [2.05, 4.69) is 10.6 Å². The molecule has 2 amide bonds. The van der Waals surface area contributed by atoms with Gasteiger partial charge in [-0.05, 0) is 49.6 Å². The minimum absolute atomic E-state index is 0.290. The lowest BCUT2D eigenvalue weighted by Crippen LogP contribution is -2.41. The van der Waals surface area contributed by atoms with Crippen molar-refractivity contribution in [2.45, 2.75) is 17.9 Å². The van der Waals surface area contributed by atoms with Crippen molar-refractivity contribution in [2.24, 2.45) is 0 Å². The average Bonchev–Trinajstić information content (AvgIpc) is 2.72. The predicted octanol–water partition coefficient (Wildman–Crippen LogP) is 3.19. The molecule has 1 atom stereocenters. The van der Waals surface area contributed by atoms with E-state index in [1.165, 1.54) is 33.5 Å². The van der Waals surface area contributed by atoms with E-state index in [1.54, 1.807) is 18.7 Å². The first-order valence-corrected chi connectivity index (χ1v) is 9.71. The standard InChI is InChI=1S/C20H24N2O5S/c1-12(19(23)22-14-6-8-15(28-5)9-7-14)21-20(24)13-10-16(25-2)18(27-4)17(11-13)26-3/h6-12H,1-5H3,(H,21,24)(H,22,23)/t12-/m0/s1. The van der Waals surface area contributed by atoms with Gasteiger partial charge < -0.3 is 24.8 Å². The molecule has 8 heteroatoms. The third-order valence-electron chi connectivity index (χ3n) is 4.03. The van der Waals surface area contributed by atoms with Crippen LogP contribution in [0.1, 0.15) is 17.3 Å². The molecule has 0 aliphatic carbocycles. The highest BCUT2D eigenvalue weighted by molar-refractivity contribution is 7.98. The maximum atomic E-state index is 12.6. The molecule has 2 N–H and O–H groups in total. The highest BCUT2D eigenvalue weighted by atomic mass is 32.2.